The molecular weight excluding hydrogens is 292 g/mol. The number of rotatable bonds is 6. The van der Waals surface area contributed by atoms with E-state index in [9.17, 15) is 10.1 Å². The number of methoxy groups -OCH3 is 1. The molecule has 6 heteroatoms. The van der Waals surface area contributed by atoms with E-state index in [1.165, 1.54) is 12.1 Å². The Labute approximate surface area is 127 Å². The Morgan fingerprint density at radius 1 is 1.24 bits per heavy atom. The highest BCUT2D eigenvalue weighted by Gasteiger charge is 2.14. The predicted octanol–water partition coefficient (Wildman–Crippen LogP) is 4.01. The minimum absolute atomic E-state index is 0.00335. The molecule has 0 fully saturated rings. The van der Waals surface area contributed by atoms with Crippen molar-refractivity contribution in [1.82, 2.24) is 0 Å². The molecule has 0 aliphatic rings. The van der Waals surface area contributed by atoms with Crippen LogP contribution in [0, 0.1) is 10.1 Å². The number of nitrogens with zero attached hydrogens (tertiary/aromatic N) is 1. The third-order valence-electron chi connectivity index (χ3n) is 3.04. The second kappa shape index (κ2) is 7.06. The molecule has 21 heavy (non-hydrogen) atoms. The molecule has 0 aromatic heterocycles. The topological polar surface area (TPSA) is 64.4 Å². The molecule has 0 aliphatic carbocycles. The Morgan fingerprint density at radius 3 is 2.62 bits per heavy atom. The van der Waals surface area contributed by atoms with E-state index in [1.807, 2.05) is 24.3 Å². The maximum absolute atomic E-state index is 11.0. The van der Waals surface area contributed by atoms with Crippen LogP contribution in [0.1, 0.15) is 11.1 Å². The van der Waals surface area contributed by atoms with Crippen LogP contribution in [-0.4, -0.2) is 12.0 Å². The molecule has 0 saturated carbocycles. The zero-order valence-corrected chi connectivity index (χ0v) is 12.3. The van der Waals surface area contributed by atoms with Gasteiger partial charge in [0, 0.05) is 24.7 Å². The number of anilines is 1. The van der Waals surface area contributed by atoms with Gasteiger partial charge in [0.15, 0.2) is 0 Å². The van der Waals surface area contributed by atoms with Crippen molar-refractivity contribution in [3.63, 3.8) is 0 Å². The molecule has 2 aromatic rings. The van der Waals surface area contributed by atoms with Gasteiger partial charge < -0.3 is 10.1 Å². The van der Waals surface area contributed by atoms with E-state index in [-0.39, 0.29) is 5.69 Å². The van der Waals surface area contributed by atoms with E-state index in [0.717, 1.165) is 11.1 Å². The normalized spacial score (nSPS) is 10.4. The second-order valence-corrected chi connectivity index (χ2v) is 4.91. The number of halogens is 1. The Hall–Kier alpha value is -2.11. The number of nitro benzene ring substituents is 1. The van der Waals surface area contributed by atoms with Crippen LogP contribution in [0.25, 0.3) is 0 Å². The number of nitro groups is 1. The lowest BCUT2D eigenvalue weighted by Crippen LogP contribution is -2.05. The van der Waals surface area contributed by atoms with Crippen molar-refractivity contribution < 1.29 is 9.66 Å². The van der Waals surface area contributed by atoms with E-state index in [0.29, 0.717) is 23.9 Å². The first-order valence-electron chi connectivity index (χ1n) is 6.35. The van der Waals surface area contributed by atoms with Gasteiger partial charge >= 0.3 is 0 Å². The van der Waals surface area contributed by atoms with Crippen LogP contribution < -0.4 is 5.32 Å². The lowest BCUT2D eigenvalue weighted by molar-refractivity contribution is -0.384. The average molecular weight is 307 g/mol. The summed E-state index contributed by atoms with van der Waals surface area (Å²) < 4.78 is 5.14. The molecule has 0 spiro atoms. The molecule has 0 unspecified atom stereocenters. The van der Waals surface area contributed by atoms with Gasteiger partial charge in [-0.2, -0.15) is 0 Å². The van der Waals surface area contributed by atoms with Crippen molar-refractivity contribution in [1.29, 1.82) is 0 Å². The molecule has 0 aliphatic heterocycles. The fourth-order valence-corrected chi connectivity index (χ4v) is 2.20. The third-order valence-corrected chi connectivity index (χ3v) is 3.28. The van der Waals surface area contributed by atoms with Gasteiger partial charge in [0.1, 0.15) is 5.69 Å². The first-order valence-corrected chi connectivity index (χ1v) is 6.73. The van der Waals surface area contributed by atoms with E-state index in [4.69, 9.17) is 16.3 Å². The summed E-state index contributed by atoms with van der Waals surface area (Å²) in [5.41, 5.74) is 2.47. The zero-order chi connectivity index (χ0) is 15.2. The van der Waals surface area contributed by atoms with E-state index in [2.05, 4.69) is 5.32 Å². The average Bonchev–Trinajstić information content (AvgIpc) is 2.46. The van der Waals surface area contributed by atoms with Gasteiger partial charge in [-0.3, -0.25) is 10.1 Å². The summed E-state index contributed by atoms with van der Waals surface area (Å²) >= 11 is 5.90. The van der Waals surface area contributed by atoms with Gasteiger partial charge in [-0.25, -0.2) is 0 Å². The molecule has 0 radical (unpaired) electrons. The highest BCUT2D eigenvalue weighted by atomic mass is 35.5. The molecule has 0 amide bonds. The van der Waals surface area contributed by atoms with Gasteiger partial charge in [0.2, 0.25) is 0 Å². The molecule has 110 valence electrons. The van der Waals surface area contributed by atoms with Crippen molar-refractivity contribution in [2.75, 3.05) is 12.4 Å². The Morgan fingerprint density at radius 2 is 1.95 bits per heavy atom. The number of hydrogen-bond donors (Lipinski definition) is 1. The van der Waals surface area contributed by atoms with Crippen LogP contribution >= 0.6 is 11.6 Å². The fraction of sp³-hybridized carbons (Fsp3) is 0.200. The quantitative estimate of drug-likeness (QED) is 0.647. The molecule has 2 rings (SSSR count). The Bertz CT molecular complexity index is 647. The summed E-state index contributed by atoms with van der Waals surface area (Å²) in [5.74, 6) is 0. The number of nitrogens with one attached hydrogen (secondary N) is 1. The van der Waals surface area contributed by atoms with Crippen molar-refractivity contribution in [3.05, 3.63) is 68.7 Å². The molecule has 0 heterocycles. The number of ether oxygens (including phenoxy) is 1. The summed E-state index contributed by atoms with van der Waals surface area (Å²) in [5, 5.41) is 14.5. The second-order valence-electron chi connectivity index (χ2n) is 4.47. The SMILES string of the molecule is COCc1ccccc1CNc1cc(Cl)ccc1[N+](=O)[O-]. The highest BCUT2D eigenvalue weighted by Crippen LogP contribution is 2.28. The monoisotopic (exact) mass is 306 g/mol. The first-order chi connectivity index (χ1) is 10.1. The van der Waals surface area contributed by atoms with Crippen LogP contribution in [0.5, 0.6) is 0 Å². The maximum Gasteiger partial charge on any atom is 0.292 e. The summed E-state index contributed by atoms with van der Waals surface area (Å²) in [6.07, 6.45) is 0. The van der Waals surface area contributed by atoms with Crippen LogP contribution in [0.4, 0.5) is 11.4 Å². The smallest absolute Gasteiger partial charge is 0.292 e. The highest BCUT2D eigenvalue weighted by molar-refractivity contribution is 6.31. The Kier molecular flexibility index (Phi) is 5.14. The molecule has 0 saturated heterocycles. The van der Waals surface area contributed by atoms with Crippen molar-refractivity contribution in [3.8, 4) is 0 Å². The molecule has 0 bridgehead atoms. The number of hydrogen-bond acceptors (Lipinski definition) is 4. The lowest BCUT2D eigenvalue weighted by Gasteiger charge is -2.11. The minimum Gasteiger partial charge on any atom is -0.380 e. The van der Waals surface area contributed by atoms with Crippen LogP contribution in [0.2, 0.25) is 5.02 Å². The summed E-state index contributed by atoms with van der Waals surface area (Å²) in [6, 6.07) is 12.2. The molecule has 0 atom stereocenters. The standard InChI is InChI=1S/C15H15ClN2O3/c1-21-10-12-5-3-2-4-11(12)9-17-14-8-13(16)6-7-15(14)18(19)20/h2-8,17H,9-10H2,1H3. The predicted molar refractivity (Wildman–Crippen MR) is 82.6 cm³/mol. The molecular formula is C15H15ClN2O3. The van der Waals surface area contributed by atoms with Crippen LogP contribution in [0.15, 0.2) is 42.5 Å². The van der Waals surface area contributed by atoms with Gasteiger partial charge in [0.05, 0.1) is 11.5 Å². The maximum atomic E-state index is 11.0. The first kappa shape index (κ1) is 15.3. The lowest BCUT2D eigenvalue weighted by atomic mass is 10.1. The van der Waals surface area contributed by atoms with Gasteiger partial charge in [-0.1, -0.05) is 35.9 Å². The van der Waals surface area contributed by atoms with E-state index >= 15 is 0 Å². The Balaban J connectivity index is 2.20. The van der Waals surface area contributed by atoms with Crippen molar-refractivity contribution in [2.45, 2.75) is 13.2 Å². The van der Waals surface area contributed by atoms with Gasteiger partial charge in [-0.05, 0) is 23.3 Å². The summed E-state index contributed by atoms with van der Waals surface area (Å²) in [4.78, 5) is 10.6. The van der Waals surface area contributed by atoms with Gasteiger partial charge in [-0.15, -0.1) is 0 Å². The van der Waals surface area contributed by atoms with E-state index in [1.54, 1.807) is 13.2 Å². The van der Waals surface area contributed by atoms with Crippen LogP contribution in [0.3, 0.4) is 0 Å². The van der Waals surface area contributed by atoms with Crippen molar-refractivity contribution >= 4 is 23.0 Å². The van der Waals surface area contributed by atoms with Gasteiger partial charge in [0.25, 0.3) is 5.69 Å². The fourth-order valence-electron chi connectivity index (χ4n) is 2.03. The summed E-state index contributed by atoms with van der Waals surface area (Å²) in [6.45, 7) is 0.955. The number of benzene rings is 2. The van der Waals surface area contributed by atoms with E-state index < -0.39 is 4.92 Å². The summed E-state index contributed by atoms with van der Waals surface area (Å²) in [7, 11) is 1.63. The van der Waals surface area contributed by atoms with Crippen molar-refractivity contribution in [2.24, 2.45) is 0 Å². The largest absolute Gasteiger partial charge is 0.380 e. The molecule has 5 nitrogen and oxygen atoms in total. The minimum atomic E-state index is -0.431. The zero-order valence-electron chi connectivity index (χ0n) is 11.5. The third kappa shape index (κ3) is 3.93. The molecule has 1 N–H and O–H groups in total. The molecule has 2 aromatic carbocycles. The van der Waals surface area contributed by atoms with Crippen LogP contribution in [-0.2, 0) is 17.9 Å².